The van der Waals surface area contributed by atoms with Crippen LogP contribution in [-0.2, 0) is 0 Å². The zero-order chi connectivity index (χ0) is 13.7. The Kier molecular flexibility index (Phi) is 5.16. The van der Waals surface area contributed by atoms with Gasteiger partial charge in [0.15, 0.2) is 0 Å². The summed E-state index contributed by atoms with van der Waals surface area (Å²) in [5.74, 6) is 0.557. The molecule has 4 nitrogen and oxygen atoms in total. The van der Waals surface area contributed by atoms with Crippen molar-refractivity contribution in [3.05, 3.63) is 29.0 Å². The molecule has 0 aliphatic heterocycles. The molecule has 1 saturated carbocycles. The third kappa shape index (κ3) is 3.91. The molecular weight excluding hydrogens is 264 g/mol. The van der Waals surface area contributed by atoms with E-state index in [1.165, 1.54) is 19.0 Å². The second-order valence-corrected chi connectivity index (χ2v) is 5.45. The van der Waals surface area contributed by atoms with Crippen molar-refractivity contribution in [1.29, 1.82) is 0 Å². The Hall–Kier alpha value is -1.13. The molecule has 0 bridgehead atoms. The Morgan fingerprint density at radius 3 is 2.84 bits per heavy atom. The fourth-order valence-electron chi connectivity index (χ4n) is 2.66. The van der Waals surface area contributed by atoms with Crippen LogP contribution in [0.5, 0.6) is 0 Å². The van der Waals surface area contributed by atoms with Gasteiger partial charge in [0.1, 0.15) is 5.15 Å². The summed E-state index contributed by atoms with van der Waals surface area (Å²) >= 11 is 5.76. The SMILES string of the molecule is O=C(NCC1CCCCC1CO)c1ccnc(Cl)c1. The highest BCUT2D eigenvalue weighted by molar-refractivity contribution is 6.29. The predicted molar refractivity (Wildman–Crippen MR) is 74.1 cm³/mol. The number of nitrogens with one attached hydrogen (secondary N) is 1. The van der Waals surface area contributed by atoms with Crippen LogP contribution in [0.25, 0.3) is 0 Å². The molecule has 2 N–H and O–H groups in total. The van der Waals surface area contributed by atoms with Gasteiger partial charge in [-0.1, -0.05) is 24.4 Å². The second kappa shape index (κ2) is 6.87. The molecule has 2 atom stereocenters. The highest BCUT2D eigenvalue weighted by atomic mass is 35.5. The van der Waals surface area contributed by atoms with E-state index in [2.05, 4.69) is 10.3 Å². The van der Waals surface area contributed by atoms with Crippen LogP contribution in [0.15, 0.2) is 18.3 Å². The maximum atomic E-state index is 12.0. The summed E-state index contributed by atoms with van der Waals surface area (Å²) in [5, 5.41) is 12.6. The van der Waals surface area contributed by atoms with Gasteiger partial charge in [0.25, 0.3) is 5.91 Å². The van der Waals surface area contributed by atoms with Crippen LogP contribution in [0.2, 0.25) is 5.15 Å². The normalized spacial score (nSPS) is 23.1. The topological polar surface area (TPSA) is 62.2 Å². The highest BCUT2D eigenvalue weighted by Gasteiger charge is 2.24. The number of hydrogen-bond acceptors (Lipinski definition) is 3. The third-order valence-electron chi connectivity index (χ3n) is 3.81. The molecule has 2 rings (SSSR count). The molecule has 1 fully saturated rings. The van der Waals surface area contributed by atoms with E-state index in [9.17, 15) is 9.90 Å². The number of carbonyl (C=O) groups is 1. The fourth-order valence-corrected chi connectivity index (χ4v) is 2.84. The van der Waals surface area contributed by atoms with Gasteiger partial charge in [-0.25, -0.2) is 4.98 Å². The number of aliphatic hydroxyl groups excluding tert-OH is 1. The third-order valence-corrected chi connectivity index (χ3v) is 4.02. The molecule has 0 radical (unpaired) electrons. The van der Waals surface area contributed by atoms with Gasteiger partial charge in [-0.2, -0.15) is 0 Å². The molecule has 1 aliphatic carbocycles. The number of rotatable bonds is 4. The minimum Gasteiger partial charge on any atom is -0.396 e. The summed E-state index contributed by atoms with van der Waals surface area (Å²) < 4.78 is 0. The van der Waals surface area contributed by atoms with E-state index in [4.69, 9.17) is 11.6 Å². The van der Waals surface area contributed by atoms with Crippen molar-refractivity contribution in [2.75, 3.05) is 13.2 Å². The molecule has 2 unspecified atom stereocenters. The number of pyridine rings is 1. The lowest BCUT2D eigenvalue weighted by molar-refractivity contribution is 0.0909. The molecule has 104 valence electrons. The first-order valence-corrected chi connectivity index (χ1v) is 7.09. The Balaban J connectivity index is 1.89. The Morgan fingerprint density at radius 1 is 1.42 bits per heavy atom. The van der Waals surface area contributed by atoms with Gasteiger partial charge in [-0.3, -0.25) is 4.79 Å². The first kappa shape index (κ1) is 14.3. The molecule has 1 aromatic heterocycles. The second-order valence-electron chi connectivity index (χ2n) is 5.06. The summed E-state index contributed by atoms with van der Waals surface area (Å²) in [6, 6.07) is 3.20. The van der Waals surface area contributed by atoms with Gasteiger partial charge in [-0.15, -0.1) is 0 Å². The molecule has 1 aliphatic rings. The van der Waals surface area contributed by atoms with E-state index in [1.54, 1.807) is 12.1 Å². The van der Waals surface area contributed by atoms with Gasteiger partial charge in [0.2, 0.25) is 0 Å². The number of amides is 1. The van der Waals surface area contributed by atoms with Crippen molar-refractivity contribution in [2.45, 2.75) is 25.7 Å². The van der Waals surface area contributed by atoms with Crippen LogP contribution in [0.4, 0.5) is 0 Å². The molecular formula is C14H19ClN2O2. The van der Waals surface area contributed by atoms with Gasteiger partial charge in [0, 0.05) is 24.9 Å². The smallest absolute Gasteiger partial charge is 0.251 e. The van der Waals surface area contributed by atoms with Gasteiger partial charge in [-0.05, 0) is 36.8 Å². The lowest BCUT2D eigenvalue weighted by Gasteiger charge is -2.30. The minimum absolute atomic E-state index is 0.133. The molecule has 1 aromatic rings. The van der Waals surface area contributed by atoms with Crippen LogP contribution in [0.3, 0.4) is 0 Å². The summed E-state index contributed by atoms with van der Waals surface area (Å²) in [7, 11) is 0. The monoisotopic (exact) mass is 282 g/mol. The predicted octanol–water partition coefficient (Wildman–Crippen LogP) is 2.26. The van der Waals surface area contributed by atoms with Crippen molar-refractivity contribution in [3.63, 3.8) is 0 Å². The van der Waals surface area contributed by atoms with Crippen LogP contribution >= 0.6 is 11.6 Å². The summed E-state index contributed by atoms with van der Waals surface area (Å²) in [6.45, 7) is 0.825. The number of carbonyl (C=O) groups excluding carboxylic acids is 1. The minimum atomic E-state index is -0.133. The van der Waals surface area contributed by atoms with Crippen LogP contribution in [0.1, 0.15) is 36.0 Å². The average Bonchev–Trinajstić information content (AvgIpc) is 2.45. The van der Waals surface area contributed by atoms with Crippen molar-refractivity contribution in [2.24, 2.45) is 11.8 Å². The molecule has 0 saturated heterocycles. The summed E-state index contributed by atoms with van der Waals surface area (Å²) in [4.78, 5) is 15.8. The maximum Gasteiger partial charge on any atom is 0.251 e. The molecule has 0 aromatic carbocycles. The number of halogens is 1. The van der Waals surface area contributed by atoms with Crippen LogP contribution < -0.4 is 5.32 Å². The van der Waals surface area contributed by atoms with Gasteiger partial charge in [0.05, 0.1) is 0 Å². The first-order chi connectivity index (χ1) is 9.20. The quantitative estimate of drug-likeness (QED) is 0.833. The number of hydrogen-bond donors (Lipinski definition) is 2. The molecule has 1 amide bonds. The largest absolute Gasteiger partial charge is 0.396 e. The fraction of sp³-hybridized carbons (Fsp3) is 0.571. The molecule has 19 heavy (non-hydrogen) atoms. The van der Waals surface area contributed by atoms with Crippen molar-refractivity contribution < 1.29 is 9.90 Å². The van der Waals surface area contributed by atoms with E-state index in [-0.39, 0.29) is 12.5 Å². The highest BCUT2D eigenvalue weighted by Crippen LogP contribution is 2.29. The Labute approximate surface area is 118 Å². The maximum absolute atomic E-state index is 12.0. The van der Waals surface area contributed by atoms with E-state index in [0.717, 1.165) is 12.8 Å². The molecule has 0 spiro atoms. The van der Waals surface area contributed by atoms with E-state index in [1.807, 2.05) is 0 Å². The molecule has 5 heteroatoms. The van der Waals surface area contributed by atoms with E-state index < -0.39 is 0 Å². The average molecular weight is 283 g/mol. The zero-order valence-corrected chi connectivity index (χ0v) is 11.6. The molecule has 1 heterocycles. The number of aromatic nitrogens is 1. The van der Waals surface area contributed by atoms with Crippen LogP contribution in [0, 0.1) is 11.8 Å². The van der Waals surface area contributed by atoms with Gasteiger partial charge >= 0.3 is 0 Å². The number of aliphatic hydroxyl groups is 1. The summed E-state index contributed by atoms with van der Waals surface area (Å²) in [5.41, 5.74) is 0.524. The van der Waals surface area contributed by atoms with E-state index >= 15 is 0 Å². The van der Waals surface area contributed by atoms with E-state index in [0.29, 0.717) is 29.1 Å². The van der Waals surface area contributed by atoms with Crippen molar-refractivity contribution >= 4 is 17.5 Å². The Bertz CT molecular complexity index is 439. The van der Waals surface area contributed by atoms with Crippen LogP contribution in [-0.4, -0.2) is 29.1 Å². The lowest BCUT2D eigenvalue weighted by atomic mass is 9.79. The standard InChI is InChI=1S/C14H19ClN2O2/c15-13-7-10(5-6-16-13)14(19)17-8-11-3-1-2-4-12(11)9-18/h5-7,11-12,18H,1-4,8-9H2,(H,17,19). The summed E-state index contributed by atoms with van der Waals surface area (Å²) in [6.07, 6.45) is 6.00. The van der Waals surface area contributed by atoms with Crippen molar-refractivity contribution in [3.8, 4) is 0 Å². The lowest BCUT2D eigenvalue weighted by Crippen LogP contribution is -2.35. The number of nitrogens with zero attached hydrogens (tertiary/aromatic N) is 1. The van der Waals surface area contributed by atoms with Crippen molar-refractivity contribution in [1.82, 2.24) is 10.3 Å². The van der Waals surface area contributed by atoms with Gasteiger partial charge < -0.3 is 10.4 Å². The zero-order valence-electron chi connectivity index (χ0n) is 10.8. The first-order valence-electron chi connectivity index (χ1n) is 6.71. The Morgan fingerprint density at radius 2 is 2.16 bits per heavy atom.